The predicted octanol–water partition coefficient (Wildman–Crippen LogP) is 2.33. The first kappa shape index (κ1) is 13.5. The molecule has 0 saturated carbocycles. The molecule has 19 heavy (non-hydrogen) atoms. The molecule has 1 heterocycles. The fourth-order valence-corrected chi connectivity index (χ4v) is 1.92. The summed E-state index contributed by atoms with van der Waals surface area (Å²) in [4.78, 5) is 0. The molecule has 1 N–H and O–H groups in total. The lowest BCUT2D eigenvalue weighted by Crippen LogP contribution is -2.02. The van der Waals surface area contributed by atoms with Crippen LogP contribution in [0.25, 0.3) is 0 Å². The Balaban J connectivity index is 2.10. The number of ether oxygens (including phenoxy) is 1. The van der Waals surface area contributed by atoms with Crippen LogP contribution >= 0.6 is 0 Å². The van der Waals surface area contributed by atoms with Crippen molar-refractivity contribution >= 4 is 0 Å². The van der Waals surface area contributed by atoms with Crippen molar-refractivity contribution in [3.63, 3.8) is 0 Å². The second-order valence-corrected chi connectivity index (χ2v) is 4.32. The molecule has 2 aromatic rings. The van der Waals surface area contributed by atoms with E-state index in [0.29, 0.717) is 12.0 Å². The van der Waals surface area contributed by atoms with Gasteiger partial charge in [0.2, 0.25) is 0 Å². The minimum absolute atomic E-state index is 0.176. The Kier molecular flexibility index (Phi) is 4.16. The van der Waals surface area contributed by atoms with Gasteiger partial charge in [0, 0.05) is 19.2 Å². The summed E-state index contributed by atoms with van der Waals surface area (Å²) in [6, 6.07) is 4.48. The van der Waals surface area contributed by atoms with E-state index in [1.165, 1.54) is 19.2 Å². The third-order valence-electron chi connectivity index (χ3n) is 3.00. The van der Waals surface area contributed by atoms with E-state index in [-0.39, 0.29) is 5.75 Å². The van der Waals surface area contributed by atoms with Crippen LogP contribution in [-0.4, -0.2) is 22.0 Å². The van der Waals surface area contributed by atoms with E-state index >= 15 is 0 Å². The summed E-state index contributed by atoms with van der Waals surface area (Å²) < 4.78 is 20.2. The molecule has 0 fully saturated rings. The van der Waals surface area contributed by atoms with Gasteiger partial charge in [0.05, 0.1) is 19.4 Å². The second-order valence-electron chi connectivity index (χ2n) is 4.32. The van der Waals surface area contributed by atoms with E-state index in [1.807, 2.05) is 13.1 Å². The molecule has 1 atom stereocenters. The third-order valence-corrected chi connectivity index (χ3v) is 3.00. The van der Waals surface area contributed by atoms with Crippen LogP contribution in [-0.2, 0) is 13.0 Å². The summed E-state index contributed by atoms with van der Waals surface area (Å²) >= 11 is 0. The molecule has 4 nitrogen and oxygen atoms in total. The van der Waals surface area contributed by atoms with E-state index in [1.54, 1.807) is 16.9 Å². The number of hydrogen-bond donors (Lipinski definition) is 1. The lowest BCUT2D eigenvalue weighted by atomic mass is 10.0. The third kappa shape index (κ3) is 3.12. The van der Waals surface area contributed by atoms with Crippen molar-refractivity contribution in [3.8, 4) is 5.75 Å². The second kappa shape index (κ2) is 5.84. The monoisotopic (exact) mass is 264 g/mol. The van der Waals surface area contributed by atoms with Gasteiger partial charge in [0.25, 0.3) is 0 Å². The summed E-state index contributed by atoms with van der Waals surface area (Å²) in [5.41, 5.74) is 1.45. The number of halogens is 1. The van der Waals surface area contributed by atoms with E-state index in [0.717, 1.165) is 12.1 Å². The molecule has 0 amide bonds. The molecular formula is C14H17FN2O2. The highest BCUT2D eigenvalue weighted by Gasteiger charge is 2.12. The van der Waals surface area contributed by atoms with Gasteiger partial charge in [-0.1, -0.05) is 6.07 Å². The maximum atomic E-state index is 13.6. The van der Waals surface area contributed by atoms with Gasteiger partial charge in [-0.3, -0.25) is 4.68 Å². The Hall–Kier alpha value is -1.88. The molecule has 2 rings (SSSR count). The van der Waals surface area contributed by atoms with Gasteiger partial charge >= 0.3 is 0 Å². The predicted molar refractivity (Wildman–Crippen MR) is 69.5 cm³/mol. The molecule has 102 valence electrons. The van der Waals surface area contributed by atoms with Crippen molar-refractivity contribution in [2.75, 3.05) is 7.11 Å². The van der Waals surface area contributed by atoms with Crippen LogP contribution in [0.15, 0.2) is 30.6 Å². The zero-order valence-electron chi connectivity index (χ0n) is 11.0. The number of aromatic nitrogens is 2. The molecular weight excluding hydrogens is 247 g/mol. The van der Waals surface area contributed by atoms with Crippen LogP contribution < -0.4 is 4.74 Å². The SMILES string of the molecule is CCn1cc(CC(O)c2ccc(OC)c(F)c2)cn1. The van der Waals surface area contributed by atoms with E-state index in [4.69, 9.17) is 4.74 Å². The van der Waals surface area contributed by atoms with Crippen molar-refractivity contribution in [1.82, 2.24) is 9.78 Å². The van der Waals surface area contributed by atoms with Crippen LogP contribution in [0.3, 0.4) is 0 Å². The minimum Gasteiger partial charge on any atom is -0.494 e. The van der Waals surface area contributed by atoms with E-state index in [9.17, 15) is 9.50 Å². The number of nitrogens with zero attached hydrogens (tertiary/aromatic N) is 2. The van der Waals surface area contributed by atoms with E-state index in [2.05, 4.69) is 5.10 Å². The van der Waals surface area contributed by atoms with Crippen LogP contribution in [0.2, 0.25) is 0 Å². The summed E-state index contributed by atoms with van der Waals surface area (Å²) in [5, 5.41) is 14.2. The molecule has 0 spiro atoms. The topological polar surface area (TPSA) is 47.3 Å². The Morgan fingerprint density at radius 3 is 2.84 bits per heavy atom. The number of rotatable bonds is 5. The Morgan fingerprint density at radius 1 is 1.47 bits per heavy atom. The molecule has 0 aliphatic carbocycles. The number of hydrogen-bond acceptors (Lipinski definition) is 3. The fourth-order valence-electron chi connectivity index (χ4n) is 1.92. The lowest BCUT2D eigenvalue weighted by molar-refractivity contribution is 0.178. The van der Waals surface area contributed by atoms with Gasteiger partial charge in [0.1, 0.15) is 0 Å². The van der Waals surface area contributed by atoms with Crippen LogP contribution in [0.1, 0.15) is 24.2 Å². The van der Waals surface area contributed by atoms with Gasteiger partial charge in [-0.15, -0.1) is 0 Å². The molecule has 0 saturated heterocycles. The quantitative estimate of drug-likeness (QED) is 0.901. The molecule has 0 aliphatic heterocycles. The van der Waals surface area contributed by atoms with Gasteiger partial charge in [-0.05, 0) is 30.2 Å². The molecule has 5 heteroatoms. The average molecular weight is 264 g/mol. The highest BCUT2D eigenvalue weighted by atomic mass is 19.1. The molecule has 1 aromatic carbocycles. The van der Waals surface area contributed by atoms with Crippen LogP contribution in [0, 0.1) is 5.82 Å². The maximum Gasteiger partial charge on any atom is 0.165 e. The van der Waals surface area contributed by atoms with Crippen molar-refractivity contribution in [2.24, 2.45) is 0 Å². The zero-order chi connectivity index (χ0) is 13.8. The van der Waals surface area contributed by atoms with Gasteiger partial charge < -0.3 is 9.84 Å². The largest absolute Gasteiger partial charge is 0.494 e. The number of aryl methyl sites for hydroxylation is 1. The van der Waals surface area contributed by atoms with Gasteiger partial charge in [0.15, 0.2) is 11.6 Å². The lowest BCUT2D eigenvalue weighted by Gasteiger charge is -2.11. The minimum atomic E-state index is -0.755. The maximum absolute atomic E-state index is 13.6. The first-order valence-corrected chi connectivity index (χ1v) is 6.17. The number of methoxy groups -OCH3 is 1. The summed E-state index contributed by atoms with van der Waals surface area (Å²) in [5.74, 6) is -0.293. The Bertz CT molecular complexity index is 554. The first-order valence-electron chi connectivity index (χ1n) is 6.17. The number of benzene rings is 1. The van der Waals surface area contributed by atoms with Crippen molar-refractivity contribution in [2.45, 2.75) is 26.0 Å². The first-order chi connectivity index (χ1) is 9.13. The van der Waals surface area contributed by atoms with Crippen molar-refractivity contribution in [3.05, 3.63) is 47.5 Å². The van der Waals surface area contributed by atoms with Crippen molar-refractivity contribution < 1.29 is 14.2 Å². The molecule has 1 aromatic heterocycles. The van der Waals surface area contributed by atoms with Crippen LogP contribution in [0.5, 0.6) is 5.75 Å². The normalized spacial score (nSPS) is 12.4. The molecule has 0 bridgehead atoms. The Morgan fingerprint density at radius 2 is 2.26 bits per heavy atom. The number of aliphatic hydroxyl groups is 1. The highest BCUT2D eigenvalue weighted by Crippen LogP contribution is 2.24. The smallest absolute Gasteiger partial charge is 0.165 e. The molecule has 1 unspecified atom stereocenters. The summed E-state index contributed by atoms with van der Waals surface area (Å²) in [6.07, 6.45) is 3.25. The average Bonchev–Trinajstić information content (AvgIpc) is 2.86. The standard InChI is InChI=1S/C14H17FN2O2/c1-3-17-9-10(8-16-17)6-13(18)11-4-5-14(19-2)12(15)7-11/h4-5,7-9,13,18H,3,6H2,1-2H3. The van der Waals surface area contributed by atoms with Crippen molar-refractivity contribution in [1.29, 1.82) is 0 Å². The van der Waals surface area contributed by atoms with Crippen LogP contribution in [0.4, 0.5) is 4.39 Å². The van der Waals surface area contributed by atoms with Gasteiger partial charge in [-0.2, -0.15) is 5.10 Å². The molecule has 0 aliphatic rings. The Labute approximate surface area is 111 Å². The van der Waals surface area contributed by atoms with Gasteiger partial charge in [-0.25, -0.2) is 4.39 Å². The number of aliphatic hydroxyl groups excluding tert-OH is 1. The highest BCUT2D eigenvalue weighted by molar-refractivity contribution is 5.31. The van der Waals surface area contributed by atoms with E-state index < -0.39 is 11.9 Å². The molecule has 0 radical (unpaired) electrons. The zero-order valence-corrected chi connectivity index (χ0v) is 11.0. The fraction of sp³-hybridized carbons (Fsp3) is 0.357. The summed E-state index contributed by atoms with van der Waals surface area (Å²) in [7, 11) is 1.41. The summed E-state index contributed by atoms with van der Waals surface area (Å²) in [6.45, 7) is 2.78.